The standard InChI is InChI=1S/C15H13NO2/c1-9(17)10-5-3-6-11-14(10)15-12(16-11)7-4-8-13(15)18-2/h3-8,16H,1-2H3. The third-order valence-corrected chi connectivity index (χ3v) is 3.21. The fourth-order valence-corrected chi connectivity index (χ4v) is 2.43. The normalized spacial score (nSPS) is 11.0. The molecule has 0 bridgehead atoms. The summed E-state index contributed by atoms with van der Waals surface area (Å²) in [6, 6.07) is 11.5. The highest BCUT2D eigenvalue weighted by atomic mass is 16.5. The predicted molar refractivity (Wildman–Crippen MR) is 72.4 cm³/mol. The second-order valence-electron chi connectivity index (χ2n) is 4.29. The van der Waals surface area contributed by atoms with Gasteiger partial charge < -0.3 is 9.72 Å². The fourth-order valence-electron chi connectivity index (χ4n) is 2.43. The lowest BCUT2D eigenvalue weighted by Crippen LogP contribution is -1.92. The molecule has 0 atom stereocenters. The zero-order valence-electron chi connectivity index (χ0n) is 10.3. The number of ether oxygens (including phenoxy) is 1. The molecule has 0 unspecified atom stereocenters. The number of hydrogen-bond acceptors (Lipinski definition) is 2. The average molecular weight is 239 g/mol. The molecule has 3 heteroatoms. The van der Waals surface area contributed by atoms with E-state index in [0.717, 1.165) is 33.1 Å². The van der Waals surface area contributed by atoms with Crippen LogP contribution in [-0.2, 0) is 0 Å². The smallest absolute Gasteiger partial charge is 0.160 e. The number of carbonyl (C=O) groups is 1. The van der Waals surface area contributed by atoms with Crippen LogP contribution in [0.25, 0.3) is 21.8 Å². The molecule has 3 rings (SSSR count). The van der Waals surface area contributed by atoms with Gasteiger partial charge in [0.15, 0.2) is 5.78 Å². The van der Waals surface area contributed by atoms with Crippen LogP contribution in [-0.4, -0.2) is 17.9 Å². The molecule has 0 saturated carbocycles. The van der Waals surface area contributed by atoms with Gasteiger partial charge >= 0.3 is 0 Å². The molecule has 1 N–H and O–H groups in total. The summed E-state index contributed by atoms with van der Waals surface area (Å²) in [6.45, 7) is 1.59. The van der Waals surface area contributed by atoms with Crippen molar-refractivity contribution < 1.29 is 9.53 Å². The molecule has 0 radical (unpaired) electrons. The Labute approximate surface area is 104 Å². The van der Waals surface area contributed by atoms with Gasteiger partial charge in [0.2, 0.25) is 0 Å². The van der Waals surface area contributed by atoms with Crippen molar-refractivity contribution in [2.45, 2.75) is 6.92 Å². The molecule has 90 valence electrons. The second-order valence-corrected chi connectivity index (χ2v) is 4.29. The molecular formula is C15H13NO2. The first-order valence-electron chi connectivity index (χ1n) is 5.80. The number of H-pyrrole nitrogens is 1. The summed E-state index contributed by atoms with van der Waals surface area (Å²) in [7, 11) is 1.64. The predicted octanol–water partition coefficient (Wildman–Crippen LogP) is 3.53. The van der Waals surface area contributed by atoms with Crippen molar-refractivity contribution in [2.24, 2.45) is 0 Å². The minimum absolute atomic E-state index is 0.0624. The molecule has 0 aliphatic rings. The molecule has 0 aliphatic carbocycles. The van der Waals surface area contributed by atoms with Gasteiger partial charge in [-0.25, -0.2) is 0 Å². The highest BCUT2D eigenvalue weighted by Crippen LogP contribution is 2.34. The van der Waals surface area contributed by atoms with Crippen molar-refractivity contribution in [1.82, 2.24) is 4.98 Å². The van der Waals surface area contributed by atoms with E-state index >= 15 is 0 Å². The molecule has 2 aromatic carbocycles. The maximum absolute atomic E-state index is 11.7. The average Bonchev–Trinajstić information content (AvgIpc) is 2.76. The van der Waals surface area contributed by atoms with Crippen LogP contribution in [0, 0.1) is 0 Å². The van der Waals surface area contributed by atoms with Gasteiger partial charge in [0, 0.05) is 16.5 Å². The number of rotatable bonds is 2. The van der Waals surface area contributed by atoms with Crippen molar-refractivity contribution >= 4 is 27.6 Å². The minimum Gasteiger partial charge on any atom is -0.496 e. The van der Waals surface area contributed by atoms with Crippen LogP contribution in [0.1, 0.15) is 17.3 Å². The van der Waals surface area contributed by atoms with Crippen LogP contribution in [0.3, 0.4) is 0 Å². The number of benzene rings is 2. The van der Waals surface area contributed by atoms with Crippen LogP contribution in [0.4, 0.5) is 0 Å². The minimum atomic E-state index is 0.0624. The summed E-state index contributed by atoms with van der Waals surface area (Å²) in [5, 5.41) is 1.92. The number of hydrogen-bond donors (Lipinski definition) is 1. The van der Waals surface area contributed by atoms with Crippen LogP contribution >= 0.6 is 0 Å². The first-order chi connectivity index (χ1) is 8.72. The molecule has 18 heavy (non-hydrogen) atoms. The van der Waals surface area contributed by atoms with Gasteiger partial charge in [-0.3, -0.25) is 4.79 Å². The lowest BCUT2D eigenvalue weighted by Gasteiger charge is -2.03. The maximum atomic E-state index is 11.7. The van der Waals surface area contributed by atoms with Crippen molar-refractivity contribution in [2.75, 3.05) is 7.11 Å². The van der Waals surface area contributed by atoms with E-state index in [0.29, 0.717) is 0 Å². The molecule has 0 spiro atoms. The SMILES string of the molecule is COc1cccc2[nH]c3cccc(C(C)=O)c3c12. The first kappa shape index (κ1) is 10.8. The topological polar surface area (TPSA) is 42.1 Å². The van der Waals surface area contributed by atoms with E-state index in [1.807, 2.05) is 36.4 Å². The third-order valence-electron chi connectivity index (χ3n) is 3.21. The van der Waals surface area contributed by atoms with Gasteiger partial charge in [-0.2, -0.15) is 0 Å². The van der Waals surface area contributed by atoms with Crippen LogP contribution in [0.2, 0.25) is 0 Å². The van der Waals surface area contributed by atoms with E-state index in [4.69, 9.17) is 4.74 Å². The molecule has 1 heterocycles. The van der Waals surface area contributed by atoms with Gasteiger partial charge in [-0.15, -0.1) is 0 Å². The fraction of sp³-hybridized carbons (Fsp3) is 0.133. The number of ketones is 1. The molecule has 0 aliphatic heterocycles. The Morgan fingerprint density at radius 3 is 2.39 bits per heavy atom. The summed E-state index contributed by atoms with van der Waals surface area (Å²) in [5.74, 6) is 0.847. The highest BCUT2D eigenvalue weighted by Gasteiger charge is 2.14. The third kappa shape index (κ3) is 1.40. The van der Waals surface area contributed by atoms with Crippen LogP contribution in [0.15, 0.2) is 36.4 Å². The van der Waals surface area contributed by atoms with Gasteiger partial charge in [-0.1, -0.05) is 18.2 Å². The number of aromatic amines is 1. The summed E-state index contributed by atoms with van der Waals surface area (Å²) in [6.07, 6.45) is 0. The molecule has 3 aromatic rings. The quantitative estimate of drug-likeness (QED) is 0.695. The van der Waals surface area contributed by atoms with Gasteiger partial charge in [0.25, 0.3) is 0 Å². The molecule has 0 amide bonds. The van der Waals surface area contributed by atoms with E-state index in [1.165, 1.54) is 0 Å². The van der Waals surface area contributed by atoms with E-state index in [1.54, 1.807) is 14.0 Å². The Morgan fingerprint density at radius 2 is 1.72 bits per heavy atom. The Bertz CT molecular complexity index is 756. The lowest BCUT2D eigenvalue weighted by molar-refractivity contribution is 0.101. The van der Waals surface area contributed by atoms with Gasteiger partial charge in [-0.05, 0) is 25.1 Å². The molecule has 0 saturated heterocycles. The monoisotopic (exact) mass is 239 g/mol. The lowest BCUT2D eigenvalue weighted by atomic mass is 10.0. The van der Waals surface area contributed by atoms with Crippen LogP contribution in [0.5, 0.6) is 5.75 Å². The number of Topliss-reactive ketones (excluding diaryl/α,β-unsaturated/α-hetero) is 1. The summed E-state index contributed by atoms with van der Waals surface area (Å²) in [5.41, 5.74) is 2.67. The van der Waals surface area contributed by atoms with E-state index in [-0.39, 0.29) is 5.78 Å². The Hall–Kier alpha value is -2.29. The zero-order valence-corrected chi connectivity index (χ0v) is 10.3. The van der Waals surface area contributed by atoms with Crippen molar-refractivity contribution in [1.29, 1.82) is 0 Å². The summed E-state index contributed by atoms with van der Waals surface area (Å²) >= 11 is 0. The molecule has 1 aromatic heterocycles. The largest absolute Gasteiger partial charge is 0.496 e. The van der Waals surface area contributed by atoms with E-state index in [9.17, 15) is 4.79 Å². The molecular weight excluding hydrogens is 226 g/mol. The molecule has 0 fully saturated rings. The first-order valence-corrected chi connectivity index (χ1v) is 5.80. The van der Waals surface area contributed by atoms with Crippen LogP contribution < -0.4 is 4.74 Å². The Kier molecular flexibility index (Phi) is 2.33. The molecule has 3 nitrogen and oxygen atoms in total. The highest BCUT2D eigenvalue weighted by molar-refractivity contribution is 6.19. The zero-order chi connectivity index (χ0) is 12.7. The number of nitrogens with one attached hydrogen (secondary N) is 1. The van der Waals surface area contributed by atoms with Crippen molar-refractivity contribution in [3.05, 3.63) is 42.0 Å². The van der Waals surface area contributed by atoms with Gasteiger partial charge in [0.1, 0.15) is 5.75 Å². The van der Waals surface area contributed by atoms with Gasteiger partial charge in [0.05, 0.1) is 18.0 Å². The summed E-state index contributed by atoms with van der Waals surface area (Å²) < 4.78 is 5.40. The second kappa shape index (κ2) is 3.88. The van der Waals surface area contributed by atoms with Crippen molar-refractivity contribution in [3.63, 3.8) is 0 Å². The Balaban J connectivity index is 2.57. The Morgan fingerprint density at radius 1 is 1.06 bits per heavy atom. The number of aromatic nitrogens is 1. The number of carbonyl (C=O) groups excluding carboxylic acids is 1. The van der Waals surface area contributed by atoms with E-state index < -0.39 is 0 Å². The number of fused-ring (bicyclic) bond motifs is 3. The maximum Gasteiger partial charge on any atom is 0.160 e. The van der Waals surface area contributed by atoms with E-state index in [2.05, 4.69) is 4.98 Å². The van der Waals surface area contributed by atoms with Crippen molar-refractivity contribution in [3.8, 4) is 5.75 Å². The summed E-state index contributed by atoms with van der Waals surface area (Å²) in [4.78, 5) is 15.1. The number of methoxy groups -OCH3 is 1.